The van der Waals surface area contributed by atoms with E-state index in [1.807, 2.05) is 24.2 Å². The van der Waals surface area contributed by atoms with Crippen molar-refractivity contribution in [1.82, 2.24) is 14.2 Å². The van der Waals surface area contributed by atoms with E-state index in [1.54, 1.807) is 7.11 Å². The number of rotatable bonds is 4. The summed E-state index contributed by atoms with van der Waals surface area (Å²) in [4.78, 5) is 8.23. The summed E-state index contributed by atoms with van der Waals surface area (Å²) in [6.45, 7) is 6.83. The van der Waals surface area contributed by atoms with Crippen molar-refractivity contribution in [2.45, 2.75) is 23.8 Å². The molecule has 6 heteroatoms. The zero-order chi connectivity index (χ0) is 15.6. The molecule has 5 nitrogen and oxygen atoms in total. The van der Waals surface area contributed by atoms with Gasteiger partial charge in [-0.15, -0.1) is 0 Å². The van der Waals surface area contributed by atoms with Gasteiger partial charge in [0.25, 0.3) is 0 Å². The van der Waals surface area contributed by atoms with Crippen LogP contribution in [0.2, 0.25) is 0 Å². The van der Waals surface area contributed by atoms with E-state index in [-0.39, 0.29) is 0 Å². The fourth-order valence-corrected chi connectivity index (χ4v) is 5.16. The molecule has 2 atom stereocenters. The van der Waals surface area contributed by atoms with E-state index < -0.39 is 0 Å². The Labute approximate surface area is 142 Å². The van der Waals surface area contributed by atoms with Gasteiger partial charge in [-0.3, -0.25) is 4.90 Å². The summed E-state index contributed by atoms with van der Waals surface area (Å²) in [5.41, 5.74) is 0. The first-order valence-corrected chi connectivity index (χ1v) is 9.34. The molecule has 3 aliphatic rings. The summed E-state index contributed by atoms with van der Waals surface area (Å²) in [5, 5.41) is 0. The Hall–Kier alpha value is -0.820. The fourth-order valence-electron chi connectivity index (χ4n) is 4.10. The molecule has 0 aromatic carbocycles. The largest absolute Gasteiger partial charge is 0.481 e. The van der Waals surface area contributed by atoms with Crippen LogP contribution in [0.3, 0.4) is 0 Å². The quantitative estimate of drug-likeness (QED) is 0.785. The second-order valence-electron chi connectivity index (χ2n) is 6.79. The molecular formula is C17H25N3O2S. The van der Waals surface area contributed by atoms with Gasteiger partial charge in [0.05, 0.1) is 7.11 Å². The fraction of sp³-hybridized carbons (Fsp3) is 0.706. The molecule has 0 aliphatic carbocycles. The molecule has 3 aliphatic heterocycles. The van der Waals surface area contributed by atoms with Crippen molar-refractivity contribution in [3.8, 4) is 5.88 Å². The lowest BCUT2D eigenvalue weighted by atomic mass is 10.0. The van der Waals surface area contributed by atoms with Gasteiger partial charge in [0.1, 0.15) is 0 Å². The van der Waals surface area contributed by atoms with Gasteiger partial charge in [0.2, 0.25) is 5.88 Å². The molecule has 0 spiro atoms. The summed E-state index contributed by atoms with van der Waals surface area (Å²) in [5.74, 6) is 2.34. The van der Waals surface area contributed by atoms with Crippen molar-refractivity contribution in [3.63, 3.8) is 0 Å². The summed E-state index contributed by atoms with van der Waals surface area (Å²) in [6, 6.07) is 4.80. The highest BCUT2D eigenvalue weighted by atomic mass is 32.2. The van der Waals surface area contributed by atoms with Crippen LogP contribution in [0.4, 0.5) is 0 Å². The molecule has 0 saturated carbocycles. The lowest BCUT2D eigenvalue weighted by Gasteiger charge is -2.32. The molecule has 126 valence electrons. The minimum absolute atomic E-state index is 0.680. The summed E-state index contributed by atoms with van der Waals surface area (Å²) >= 11 is 1.84. The molecule has 3 saturated heterocycles. The number of pyridine rings is 1. The van der Waals surface area contributed by atoms with E-state index in [0.717, 1.165) is 31.1 Å². The first kappa shape index (κ1) is 15.7. The summed E-state index contributed by atoms with van der Waals surface area (Å²) < 4.78 is 13.1. The Morgan fingerprint density at radius 1 is 1.13 bits per heavy atom. The molecule has 1 aromatic rings. The Kier molecular flexibility index (Phi) is 4.76. The number of hydrogen-bond acceptors (Lipinski definition) is 6. The minimum Gasteiger partial charge on any atom is -0.481 e. The second-order valence-corrected chi connectivity index (χ2v) is 7.96. The van der Waals surface area contributed by atoms with Crippen LogP contribution >= 0.6 is 11.9 Å². The number of ether oxygens (including phenoxy) is 2. The van der Waals surface area contributed by atoms with Crippen molar-refractivity contribution in [3.05, 3.63) is 18.3 Å². The molecule has 0 amide bonds. The number of methoxy groups -OCH3 is 1. The minimum atomic E-state index is 0.680. The van der Waals surface area contributed by atoms with Gasteiger partial charge in [0.15, 0.2) is 0 Å². The maximum absolute atomic E-state index is 5.50. The van der Waals surface area contributed by atoms with Gasteiger partial charge in [0, 0.05) is 62.6 Å². The second kappa shape index (κ2) is 6.97. The standard InChI is InChI=1S/C17H25N3O2S/c1-21-17-3-2-16(8-18-17)23-20-11-13-9-19(10-14(13)12-20)15-4-6-22-7-5-15/h2-3,8,13-15H,4-7,9-12H2,1H3. The van der Waals surface area contributed by atoms with Gasteiger partial charge in [-0.25, -0.2) is 9.29 Å². The molecule has 0 N–H and O–H groups in total. The van der Waals surface area contributed by atoms with E-state index in [2.05, 4.69) is 20.3 Å². The van der Waals surface area contributed by atoms with Gasteiger partial charge < -0.3 is 9.47 Å². The average molecular weight is 335 g/mol. The SMILES string of the molecule is COc1ccc(SN2CC3CN(C4CCOCC4)CC3C2)cn1. The maximum atomic E-state index is 5.50. The normalized spacial score (nSPS) is 29.8. The van der Waals surface area contributed by atoms with Gasteiger partial charge in [-0.05, 0) is 42.7 Å². The van der Waals surface area contributed by atoms with Crippen molar-refractivity contribution in [2.24, 2.45) is 11.8 Å². The van der Waals surface area contributed by atoms with Crippen molar-refractivity contribution < 1.29 is 9.47 Å². The predicted molar refractivity (Wildman–Crippen MR) is 90.6 cm³/mol. The first-order valence-electron chi connectivity index (χ1n) is 8.56. The third kappa shape index (κ3) is 3.50. The number of aromatic nitrogens is 1. The van der Waals surface area contributed by atoms with Crippen LogP contribution in [-0.2, 0) is 4.74 Å². The van der Waals surface area contributed by atoms with Gasteiger partial charge in [-0.1, -0.05) is 0 Å². The molecular weight excluding hydrogens is 310 g/mol. The highest BCUT2D eigenvalue weighted by Gasteiger charge is 2.42. The average Bonchev–Trinajstić information content (AvgIpc) is 3.15. The Morgan fingerprint density at radius 3 is 2.48 bits per heavy atom. The predicted octanol–water partition coefficient (Wildman–Crippen LogP) is 2.14. The van der Waals surface area contributed by atoms with Crippen LogP contribution in [0, 0.1) is 11.8 Å². The van der Waals surface area contributed by atoms with Crippen LogP contribution in [0.5, 0.6) is 5.88 Å². The number of fused-ring (bicyclic) bond motifs is 1. The zero-order valence-corrected chi connectivity index (χ0v) is 14.5. The molecule has 1 aromatic heterocycles. The smallest absolute Gasteiger partial charge is 0.212 e. The van der Waals surface area contributed by atoms with E-state index >= 15 is 0 Å². The molecule has 0 radical (unpaired) electrons. The van der Waals surface area contributed by atoms with E-state index in [1.165, 1.54) is 43.9 Å². The molecule has 3 fully saturated rings. The van der Waals surface area contributed by atoms with E-state index in [9.17, 15) is 0 Å². The lowest BCUT2D eigenvalue weighted by molar-refractivity contribution is 0.0394. The van der Waals surface area contributed by atoms with Crippen molar-refractivity contribution >= 4 is 11.9 Å². The van der Waals surface area contributed by atoms with Crippen molar-refractivity contribution in [2.75, 3.05) is 46.5 Å². The van der Waals surface area contributed by atoms with Crippen LogP contribution < -0.4 is 4.74 Å². The Bertz CT molecular complexity index is 507. The van der Waals surface area contributed by atoms with Crippen LogP contribution in [-0.4, -0.2) is 66.7 Å². The number of likely N-dealkylation sites (tertiary alicyclic amines) is 1. The number of hydrogen-bond donors (Lipinski definition) is 0. The third-order valence-electron chi connectivity index (χ3n) is 5.34. The lowest BCUT2D eigenvalue weighted by Crippen LogP contribution is -2.39. The van der Waals surface area contributed by atoms with Crippen molar-refractivity contribution in [1.29, 1.82) is 0 Å². The maximum Gasteiger partial charge on any atom is 0.212 e. The van der Waals surface area contributed by atoms with Crippen LogP contribution in [0.25, 0.3) is 0 Å². The van der Waals surface area contributed by atoms with Crippen LogP contribution in [0.1, 0.15) is 12.8 Å². The zero-order valence-electron chi connectivity index (χ0n) is 13.7. The van der Waals surface area contributed by atoms with Crippen LogP contribution in [0.15, 0.2) is 23.2 Å². The van der Waals surface area contributed by atoms with E-state index in [4.69, 9.17) is 9.47 Å². The Balaban J connectivity index is 1.29. The van der Waals surface area contributed by atoms with E-state index in [0.29, 0.717) is 5.88 Å². The molecule has 0 bridgehead atoms. The first-order chi connectivity index (χ1) is 11.3. The summed E-state index contributed by atoms with van der Waals surface area (Å²) in [7, 11) is 1.65. The molecule has 4 rings (SSSR count). The monoisotopic (exact) mass is 335 g/mol. The third-order valence-corrected chi connectivity index (χ3v) is 6.35. The Morgan fingerprint density at radius 2 is 1.87 bits per heavy atom. The topological polar surface area (TPSA) is 37.8 Å². The molecule has 4 heterocycles. The highest BCUT2D eigenvalue weighted by Crippen LogP contribution is 2.38. The highest BCUT2D eigenvalue weighted by molar-refractivity contribution is 7.97. The number of nitrogens with zero attached hydrogens (tertiary/aromatic N) is 3. The summed E-state index contributed by atoms with van der Waals surface area (Å²) in [6.07, 6.45) is 4.34. The molecule has 23 heavy (non-hydrogen) atoms. The molecule has 2 unspecified atom stereocenters. The van der Waals surface area contributed by atoms with Gasteiger partial charge >= 0.3 is 0 Å². The van der Waals surface area contributed by atoms with Gasteiger partial charge in [-0.2, -0.15) is 0 Å².